The fourth-order valence-corrected chi connectivity index (χ4v) is 3.87. The topological polar surface area (TPSA) is 54.3 Å². The number of aryl methyl sites for hydroxylation is 1. The Hall–Kier alpha value is -1.88. The molecule has 1 aliphatic rings. The van der Waals surface area contributed by atoms with Gasteiger partial charge in [-0.25, -0.2) is 0 Å². The van der Waals surface area contributed by atoms with Crippen molar-refractivity contribution in [2.45, 2.75) is 59.4 Å². The van der Waals surface area contributed by atoms with Gasteiger partial charge in [-0.05, 0) is 52.3 Å². The van der Waals surface area contributed by atoms with Crippen molar-refractivity contribution >= 4 is 11.7 Å². The quantitative estimate of drug-likeness (QED) is 0.388. The Balaban J connectivity index is 1.82. The Morgan fingerprint density at radius 2 is 1.96 bits per heavy atom. The molecule has 1 aromatic heterocycles. The van der Waals surface area contributed by atoms with Crippen molar-refractivity contribution in [2.24, 2.45) is 5.92 Å². The zero-order chi connectivity index (χ0) is 19.8. The van der Waals surface area contributed by atoms with Crippen molar-refractivity contribution in [1.29, 1.82) is 0 Å². The van der Waals surface area contributed by atoms with Crippen LogP contribution in [0.1, 0.15) is 60.8 Å². The molecular weight excluding hydrogens is 338 g/mol. The van der Waals surface area contributed by atoms with Crippen molar-refractivity contribution in [3.8, 4) is 0 Å². The van der Waals surface area contributed by atoms with Gasteiger partial charge in [0, 0.05) is 36.0 Å². The minimum absolute atomic E-state index is 0.0932. The monoisotopic (exact) mass is 373 g/mol. The lowest BCUT2D eigenvalue weighted by atomic mass is 9.95. The molecule has 1 N–H and O–H groups in total. The minimum Gasteiger partial charge on any atom is -0.356 e. The largest absolute Gasteiger partial charge is 0.356 e. The van der Waals surface area contributed by atoms with Crippen molar-refractivity contribution < 1.29 is 9.59 Å². The number of rotatable bonds is 10. The average Bonchev–Trinajstić information content (AvgIpc) is 2.94. The van der Waals surface area contributed by atoms with Crippen LogP contribution in [0.5, 0.6) is 0 Å². The SMILES string of the molecule is C=CCn1c(C)cc(C(=O)CN2CCC(C(=O)NCCCCC)CC2)c1C. The summed E-state index contributed by atoms with van der Waals surface area (Å²) in [7, 11) is 0. The zero-order valence-electron chi connectivity index (χ0n) is 17.2. The first-order valence-electron chi connectivity index (χ1n) is 10.3. The smallest absolute Gasteiger partial charge is 0.223 e. The molecular formula is C22H35N3O2. The predicted octanol–water partition coefficient (Wildman–Crippen LogP) is 3.49. The van der Waals surface area contributed by atoms with E-state index in [-0.39, 0.29) is 17.6 Å². The van der Waals surface area contributed by atoms with E-state index in [1.807, 2.05) is 26.0 Å². The van der Waals surface area contributed by atoms with Gasteiger partial charge in [0.15, 0.2) is 5.78 Å². The highest BCUT2D eigenvalue weighted by Crippen LogP contribution is 2.20. The van der Waals surface area contributed by atoms with E-state index in [2.05, 4.69) is 28.3 Å². The lowest BCUT2D eigenvalue weighted by Gasteiger charge is -2.30. The van der Waals surface area contributed by atoms with Gasteiger partial charge in [0.1, 0.15) is 0 Å². The Bertz CT molecular complexity index is 655. The van der Waals surface area contributed by atoms with Crippen LogP contribution < -0.4 is 5.32 Å². The summed E-state index contributed by atoms with van der Waals surface area (Å²) in [6.07, 6.45) is 6.91. The van der Waals surface area contributed by atoms with Gasteiger partial charge < -0.3 is 9.88 Å². The molecule has 1 aliphatic heterocycles. The van der Waals surface area contributed by atoms with Crippen LogP contribution >= 0.6 is 0 Å². The Kier molecular flexibility index (Phi) is 8.29. The molecule has 1 amide bonds. The second-order valence-electron chi connectivity index (χ2n) is 7.66. The molecule has 2 rings (SSSR count). The van der Waals surface area contributed by atoms with E-state index in [9.17, 15) is 9.59 Å². The number of amides is 1. The second-order valence-corrected chi connectivity index (χ2v) is 7.66. The van der Waals surface area contributed by atoms with Gasteiger partial charge in [-0.3, -0.25) is 14.5 Å². The molecule has 5 heteroatoms. The Morgan fingerprint density at radius 1 is 1.26 bits per heavy atom. The van der Waals surface area contributed by atoms with Gasteiger partial charge in [-0.15, -0.1) is 6.58 Å². The van der Waals surface area contributed by atoms with Crippen LogP contribution in [0.4, 0.5) is 0 Å². The number of hydrogen-bond acceptors (Lipinski definition) is 3. The molecule has 1 aromatic rings. The number of aromatic nitrogens is 1. The van der Waals surface area contributed by atoms with Crippen LogP contribution in [-0.4, -0.2) is 47.3 Å². The van der Waals surface area contributed by atoms with Crippen LogP contribution in [-0.2, 0) is 11.3 Å². The molecule has 2 heterocycles. The highest BCUT2D eigenvalue weighted by Gasteiger charge is 2.26. The van der Waals surface area contributed by atoms with Crippen LogP contribution in [0.25, 0.3) is 0 Å². The zero-order valence-corrected chi connectivity index (χ0v) is 17.2. The van der Waals surface area contributed by atoms with Crippen molar-refractivity contribution in [2.75, 3.05) is 26.2 Å². The number of likely N-dealkylation sites (tertiary alicyclic amines) is 1. The summed E-state index contributed by atoms with van der Waals surface area (Å²) < 4.78 is 2.12. The molecule has 27 heavy (non-hydrogen) atoms. The maximum absolute atomic E-state index is 12.8. The normalized spacial score (nSPS) is 15.7. The summed E-state index contributed by atoms with van der Waals surface area (Å²) in [6.45, 7) is 13.5. The van der Waals surface area contributed by atoms with Gasteiger partial charge >= 0.3 is 0 Å². The summed E-state index contributed by atoms with van der Waals surface area (Å²) in [6, 6.07) is 1.98. The molecule has 0 aliphatic carbocycles. The summed E-state index contributed by atoms with van der Waals surface area (Å²) in [5, 5.41) is 3.06. The molecule has 150 valence electrons. The third-order valence-electron chi connectivity index (χ3n) is 5.59. The average molecular weight is 374 g/mol. The standard InChI is InChI=1S/C22H35N3O2/c1-5-7-8-11-23-22(27)19-9-13-24(14-10-19)16-21(26)20-15-17(3)25(12-6-2)18(20)4/h6,15,19H,2,5,7-14,16H2,1,3-4H3,(H,23,27). The van der Waals surface area contributed by atoms with Gasteiger partial charge in [0.05, 0.1) is 6.54 Å². The first-order chi connectivity index (χ1) is 13.0. The number of carbonyl (C=O) groups excluding carboxylic acids is 2. The van der Waals surface area contributed by atoms with Crippen LogP contribution in [0.3, 0.4) is 0 Å². The number of piperidine rings is 1. The number of unbranched alkanes of at least 4 members (excludes halogenated alkanes) is 2. The number of nitrogens with zero attached hydrogens (tertiary/aromatic N) is 2. The number of ketones is 1. The Morgan fingerprint density at radius 3 is 2.59 bits per heavy atom. The molecule has 0 saturated carbocycles. The maximum Gasteiger partial charge on any atom is 0.223 e. The van der Waals surface area contributed by atoms with Gasteiger partial charge in [-0.2, -0.15) is 0 Å². The van der Waals surface area contributed by atoms with E-state index in [0.717, 1.165) is 75.2 Å². The number of hydrogen-bond donors (Lipinski definition) is 1. The highest BCUT2D eigenvalue weighted by molar-refractivity contribution is 5.99. The van der Waals surface area contributed by atoms with Gasteiger partial charge in [-0.1, -0.05) is 25.8 Å². The molecule has 0 spiro atoms. The van der Waals surface area contributed by atoms with Crippen LogP contribution in [0, 0.1) is 19.8 Å². The fraction of sp³-hybridized carbons (Fsp3) is 0.636. The summed E-state index contributed by atoms with van der Waals surface area (Å²) >= 11 is 0. The lowest BCUT2D eigenvalue weighted by molar-refractivity contribution is -0.126. The maximum atomic E-state index is 12.8. The minimum atomic E-state index is 0.0932. The number of nitrogens with one attached hydrogen (secondary N) is 1. The third-order valence-corrected chi connectivity index (χ3v) is 5.59. The molecule has 0 aromatic carbocycles. The molecule has 1 fully saturated rings. The predicted molar refractivity (Wildman–Crippen MR) is 110 cm³/mol. The summed E-state index contributed by atoms with van der Waals surface area (Å²) in [5.41, 5.74) is 2.91. The van der Waals surface area contributed by atoms with E-state index in [1.54, 1.807) is 0 Å². The lowest BCUT2D eigenvalue weighted by Crippen LogP contribution is -2.42. The second kappa shape index (κ2) is 10.5. The van der Waals surface area contributed by atoms with Crippen molar-refractivity contribution in [3.05, 3.63) is 35.7 Å². The number of carbonyl (C=O) groups is 2. The fourth-order valence-electron chi connectivity index (χ4n) is 3.87. The first-order valence-corrected chi connectivity index (χ1v) is 10.3. The van der Waals surface area contributed by atoms with Crippen molar-refractivity contribution in [3.63, 3.8) is 0 Å². The molecule has 5 nitrogen and oxygen atoms in total. The van der Waals surface area contributed by atoms with E-state index in [1.165, 1.54) is 0 Å². The first kappa shape index (κ1) is 21.4. The van der Waals surface area contributed by atoms with E-state index in [4.69, 9.17) is 0 Å². The Labute approximate surface area is 163 Å². The van der Waals surface area contributed by atoms with Crippen LogP contribution in [0.2, 0.25) is 0 Å². The molecule has 0 atom stereocenters. The van der Waals surface area contributed by atoms with Crippen molar-refractivity contribution in [1.82, 2.24) is 14.8 Å². The molecule has 0 unspecified atom stereocenters. The van der Waals surface area contributed by atoms with Gasteiger partial charge in [0.25, 0.3) is 0 Å². The molecule has 0 bridgehead atoms. The number of Topliss-reactive ketones (excluding diaryl/α,β-unsaturated/α-hetero) is 1. The number of allylic oxidation sites excluding steroid dienone is 1. The molecule has 0 radical (unpaired) electrons. The highest BCUT2D eigenvalue weighted by atomic mass is 16.2. The van der Waals surface area contributed by atoms with Crippen LogP contribution in [0.15, 0.2) is 18.7 Å². The van der Waals surface area contributed by atoms with E-state index < -0.39 is 0 Å². The summed E-state index contributed by atoms with van der Waals surface area (Å²) in [5.74, 6) is 0.446. The molecule has 1 saturated heterocycles. The van der Waals surface area contributed by atoms with Gasteiger partial charge in [0.2, 0.25) is 5.91 Å². The third kappa shape index (κ3) is 5.80. The summed E-state index contributed by atoms with van der Waals surface area (Å²) in [4.78, 5) is 27.2. The van der Waals surface area contributed by atoms with E-state index >= 15 is 0 Å². The van der Waals surface area contributed by atoms with E-state index in [0.29, 0.717) is 6.54 Å².